The highest BCUT2D eigenvalue weighted by molar-refractivity contribution is 5.97. The summed E-state index contributed by atoms with van der Waals surface area (Å²) in [6, 6.07) is 21.2. The summed E-state index contributed by atoms with van der Waals surface area (Å²) in [5, 5.41) is 18.9. The molecular formula is C23H27N5O. The van der Waals surface area contributed by atoms with Crippen molar-refractivity contribution in [3.05, 3.63) is 83.6 Å². The Morgan fingerprint density at radius 2 is 1.66 bits per heavy atom. The average molecular weight is 390 g/mol. The number of piperazine rings is 1. The van der Waals surface area contributed by atoms with Gasteiger partial charge in [-0.1, -0.05) is 60.7 Å². The van der Waals surface area contributed by atoms with Gasteiger partial charge in [0.1, 0.15) is 11.6 Å². The fourth-order valence-electron chi connectivity index (χ4n) is 3.34. The van der Waals surface area contributed by atoms with E-state index in [1.54, 1.807) is 0 Å². The van der Waals surface area contributed by atoms with Crippen LogP contribution in [0.1, 0.15) is 17.2 Å². The van der Waals surface area contributed by atoms with E-state index in [9.17, 15) is 10.1 Å². The number of carbonyl (C=O) groups excluding carboxylic acids is 1. The first-order valence-electron chi connectivity index (χ1n) is 9.95. The number of nitriles is 1. The molecule has 0 radical (unpaired) electrons. The first-order chi connectivity index (χ1) is 14.3. The zero-order chi connectivity index (χ0) is 20.3. The van der Waals surface area contributed by atoms with Crippen molar-refractivity contribution >= 4 is 5.91 Å². The zero-order valence-corrected chi connectivity index (χ0v) is 16.5. The fourth-order valence-corrected chi connectivity index (χ4v) is 3.34. The minimum atomic E-state index is -0.389. The summed E-state index contributed by atoms with van der Waals surface area (Å²) < 4.78 is 0. The molecule has 1 saturated heterocycles. The zero-order valence-electron chi connectivity index (χ0n) is 16.5. The van der Waals surface area contributed by atoms with Crippen molar-refractivity contribution in [2.75, 3.05) is 39.3 Å². The standard InChI is InChI=1S/C23H27N5O/c24-17-21(18-26-13-16-28-14-11-25-12-15-28)23(29)27-22(19-7-3-1-4-8-19)20-9-5-2-6-10-20/h1-10,18,22,25-26H,11-16H2,(H,27,29)/b21-18-. The van der Waals surface area contributed by atoms with E-state index >= 15 is 0 Å². The number of benzene rings is 2. The van der Waals surface area contributed by atoms with E-state index in [0.717, 1.165) is 43.9 Å². The number of nitrogens with zero attached hydrogens (tertiary/aromatic N) is 2. The van der Waals surface area contributed by atoms with E-state index in [0.29, 0.717) is 6.54 Å². The van der Waals surface area contributed by atoms with E-state index in [1.165, 1.54) is 6.20 Å². The molecule has 0 atom stereocenters. The Morgan fingerprint density at radius 3 is 2.21 bits per heavy atom. The summed E-state index contributed by atoms with van der Waals surface area (Å²) in [5.74, 6) is -0.389. The Kier molecular flexibility index (Phi) is 7.81. The van der Waals surface area contributed by atoms with E-state index in [-0.39, 0.29) is 17.5 Å². The van der Waals surface area contributed by atoms with Crippen LogP contribution in [0, 0.1) is 11.3 Å². The predicted molar refractivity (Wildman–Crippen MR) is 114 cm³/mol. The third-order valence-electron chi connectivity index (χ3n) is 4.93. The molecule has 3 N–H and O–H groups in total. The molecule has 1 aliphatic rings. The van der Waals surface area contributed by atoms with Crippen LogP contribution in [0.4, 0.5) is 0 Å². The van der Waals surface area contributed by atoms with E-state index < -0.39 is 0 Å². The molecule has 1 heterocycles. The van der Waals surface area contributed by atoms with Crippen LogP contribution in [-0.4, -0.2) is 50.1 Å². The summed E-state index contributed by atoms with van der Waals surface area (Å²) in [6.07, 6.45) is 1.52. The molecule has 0 unspecified atom stereocenters. The van der Waals surface area contributed by atoms with E-state index in [4.69, 9.17) is 0 Å². The van der Waals surface area contributed by atoms with Gasteiger partial charge in [0, 0.05) is 45.5 Å². The Morgan fingerprint density at radius 1 is 1.07 bits per heavy atom. The molecule has 3 rings (SSSR count). The lowest BCUT2D eigenvalue weighted by Gasteiger charge is -2.26. The molecule has 0 spiro atoms. The summed E-state index contributed by atoms with van der Waals surface area (Å²) in [4.78, 5) is 15.1. The minimum Gasteiger partial charge on any atom is -0.388 e. The normalized spacial score (nSPS) is 15.0. The minimum absolute atomic E-state index is 0.0715. The molecule has 1 aliphatic heterocycles. The van der Waals surface area contributed by atoms with Crippen molar-refractivity contribution in [2.24, 2.45) is 0 Å². The smallest absolute Gasteiger partial charge is 0.264 e. The molecular weight excluding hydrogens is 362 g/mol. The number of rotatable bonds is 8. The van der Waals surface area contributed by atoms with Crippen LogP contribution in [0.25, 0.3) is 0 Å². The quantitative estimate of drug-likeness (QED) is 0.364. The van der Waals surface area contributed by atoms with E-state index in [2.05, 4.69) is 20.9 Å². The Labute approximate surface area is 172 Å². The SMILES string of the molecule is N#C/C(=C/NCCN1CCNCC1)C(=O)NC(c1ccccc1)c1ccccc1. The number of hydrogen-bond acceptors (Lipinski definition) is 5. The molecule has 29 heavy (non-hydrogen) atoms. The van der Waals surface area contributed by atoms with Gasteiger partial charge in [0.05, 0.1) is 6.04 Å². The molecule has 150 valence electrons. The molecule has 2 aromatic rings. The first kappa shape index (κ1) is 20.6. The van der Waals surface area contributed by atoms with Gasteiger partial charge in [-0.05, 0) is 11.1 Å². The molecule has 6 nitrogen and oxygen atoms in total. The van der Waals surface area contributed by atoms with Gasteiger partial charge in [0.25, 0.3) is 5.91 Å². The maximum atomic E-state index is 12.8. The molecule has 0 saturated carbocycles. The average Bonchev–Trinajstić information content (AvgIpc) is 2.79. The second-order valence-corrected chi connectivity index (χ2v) is 6.94. The fraction of sp³-hybridized carbons (Fsp3) is 0.304. The van der Waals surface area contributed by atoms with Gasteiger partial charge >= 0.3 is 0 Å². The first-order valence-corrected chi connectivity index (χ1v) is 9.95. The van der Waals surface area contributed by atoms with Gasteiger partial charge in [-0.2, -0.15) is 5.26 Å². The molecule has 0 bridgehead atoms. The second kappa shape index (κ2) is 11.0. The summed E-state index contributed by atoms with van der Waals surface area (Å²) in [7, 11) is 0. The molecule has 2 aromatic carbocycles. The number of hydrogen-bond donors (Lipinski definition) is 3. The maximum Gasteiger partial charge on any atom is 0.264 e. The van der Waals surface area contributed by atoms with Crippen molar-refractivity contribution < 1.29 is 4.79 Å². The molecule has 0 aromatic heterocycles. The van der Waals surface area contributed by atoms with Crippen molar-refractivity contribution in [1.82, 2.24) is 20.9 Å². The van der Waals surface area contributed by atoms with Crippen LogP contribution in [0.3, 0.4) is 0 Å². The van der Waals surface area contributed by atoms with E-state index in [1.807, 2.05) is 66.7 Å². The lowest BCUT2D eigenvalue weighted by molar-refractivity contribution is -0.117. The van der Waals surface area contributed by atoms with Crippen LogP contribution in [0.5, 0.6) is 0 Å². The van der Waals surface area contributed by atoms with Crippen LogP contribution in [0.2, 0.25) is 0 Å². The van der Waals surface area contributed by atoms with Gasteiger partial charge in [-0.15, -0.1) is 0 Å². The second-order valence-electron chi connectivity index (χ2n) is 6.94. The highest BCUT2D eigenvalue weighted by Crippen LogP contribution is 2.22. The van der Waals surface area contributed by atoms with Gasteiger partial charge in [0.2, 0.25) is 0 Å². The van der Waals surface area contributed by atoms with Crippen molar-refractivity contribution in [3.8, 4) is 6.07 Å². The topological polar surface area (TPSA) is 80.2 Å². The molecule has 1 fully saturated rings. The monoisotopic (exact) mass is 389 g/mol. The van der Waals surface area contributed by atoms with Gasteiger partial charge < -0.3 is 16.0 Å². The lowest BCUT2D eigenvalue weighted by Crippen LogP contribution is -2.45. The van der Waals surface area contributed by atoms with Crippen LogP contribution < -0.4 is 16.0 Å². The van der Waals surface area contributed by atoms with Crippen LogP contribution in [0.15, 0.2) is 72.4 Å². The van der Waals surface area contributed by atoms with Crippen molar-refractivity contribution in [1.29, 1.82) is 5.26 Å². The number of nitrogens with one attached hydrogen (secondary N) is 3. The largest absolute Gasteiger partial charge is 0.388 e. The van der Waals surface area contributed by atoms with Gasteiger partial charge in [-0.3, -0.25) is 9.69 Å². The third kappa shape index (κ3) is 6.18. The number of amides is 1. The lowest BCUT2D eigenvalue weighted by atomic mass is 9.98. The summed E-state index contributed by atoms with van der Waals surface area (Å²) in [5.41, 5.74) is 2.01. The third-order valence-corrected chi connectivity index (χ3v) is 4.93. The van der Waals surface area contributed by atoms with Crippen LogP contribution in [-0.2, 0) is 4.79 Å². The van der Waals surface area contributed by atoms with Crippen molar-refractivity contribution in [3.63, 3.8) is 0 Å². The molecule has 0 aliphatic carbocycles. The summed E-state index contributed by atoms with van der Waals surface area (Å²) in [6.45, 7) is 5.62. The Bertz CT molecular complexity index is 799. The predicted octanol–water partition coefficient (Wildman–Crippen LogP) is 1.79. The van der Waals surface area contributed by atoms with Gasteiger partial charge in [-0.25, -0.2) is 0 Å². The van der Waals surface area contributed by atoms with Gasteiger partial charge in [0.15, 0.2) is 0 Å². The molecule has 6 heteroatoms. The number of carbonyl (C=O) groups is 1. The summed E-state index contributed by atoms with van der Waals surface area (Å²) >= 11 is 0. The molecule has 1 amide bonds. The van der Waals surface area contributed by atoms with Crippen molar-refractivity contribution in [2.45, 2.75) is 6.04 Å². The highest BCUT2D eigenvalue weighted by Gasteiger charge is 2.19. The Hall–Kier alpha value is -3.14. The Balaban J connectivity index is 1.63. The van der Waals surface area contributed by atoms with Crippen LogP contribution >= 0.6 is 0 Å². The maximum absolute atomic E-state index is 12.8. The highest BCUT2D eigenvalue weighted by atomic mass is 16.1.